The van der Waals surface area contributed by atoms with Crippen LogP contribution in [-0.4, -0.2) is 19.4 Å². The fraction of sp³-hybridized carbons (Fsp3) is 0.235. The first-order valence-corrected chi connectivity index (χ1v) is 7.17. The maximum Gasteiger partial charge on any atom is 0.161 e. The number of hydrogen-bond acceptors (Lipinski definition) is 4. The van der Waals surface area contributed by atoms with Crippen molar-refractivity contribution in [2.24, 2.45) is 5.10 Å². The number of nitrogens with one attached hydrogen (secondary N) is 1. The van der Waals surface area contributed by atoms with E-state index in [1.165, 1.54) is 12.1 Å². The molecule has 5 heteroatoms. The third kappa shape index (κ3) is 4.48. The van der Waals surface area contributed by atoms with Crippen LogP contribution in [0.5, 0.6) is 11.5 Å². The highest BCUT2D eigenvalue weighted by atomic mass is 19.1. The molecule has 0 amide bonds. The standard InChI is InChI=1S/C17H19FN2O2/c1-3-21-16-10-5-13(11-17(16)22-4-2)12-19-20-15-8-6-14(18)7-9-15/h5-12,20H,3-4H2,1-2H3/b19-12+. The molecule has 2 aromatic carbocycles. The predicted molar refractivity (Wildman–Crippen MR) is 86.4 cm³/mol. The molecule has 116 valence electrons. The van der Waals surface area contributed by atoms with Gasteiger partial charge in [0.25, 0.3) is 0 Å². The van der Waals surface area contributed by atoms with Gasteiger partial charge in [-0.05, 0) is 61.9 Å². The molecule has 0 bridgehead atoms. The van der Waals surface area contributed by atoms with Crippen molar-refractivity contribution in [2.45, 2.75) is 13.8 Å². The number of ether oxygens (including phenoxy) is 2. The van der Waals surface area contributed by atoms with Gasteiger partial charge in [-0.1, -0.05) is 0 Å². The summed E-state index contributed by atoms with van der Waals surface area (Å²) < 4.78 is 23.9. The van der Waals surface area contributed by atoms with Crippen molar-refractivity contribution >= 4 is 11.9 Å². The van der Waals surface area contributed by atoms with Gasteiger partial charge in [-0.3, -0.25) is 5.43 Å². The first-order chi connectivity index (χ1) is 10.7. The van der Waals surface area contributed by atoms with Crippen LogP contribution in [0.2, 0.25) is 0 Å². The van der Waals surface area contributed by atoms with Crippen molar-refractivity contribution in [3.8, 4) is 11.5 Å². The van der Waals surface area contributed by atoms with Crippen LogP contribution in [0.15, 0.2) is 47.6 Å². The number of anilines is 1. The highest BCUT2D eigenvalue weighted by Gasteiger charge is 2.04. The van der Waals surface area contributed by atoms with Gasteiger partial charge >= 0.3 is 0 Å². The summed E-state index contributed by atoms with van der Waals surface area (Å²) >= 11 is 0. The van der Waals surface area contributed by atoms with Gasteiger partial charge < -0.3 is 9.47 Å². The Morgan fingerprint density at radius 2 is 1.68 bits per heavy atom. The minimum atomic E-state index is -0.276. The second kappa shape index (κ2) is 8.02. The minimum Gasteiger partial charge on any atom is -0.490 e. The van der Waals surface area contributed by atoms with Gasteiger partial charge in [0.05, 0.1) is 25.1 Å². The molecule has 22 heavy (non-hydrogen) atoms. The molecule has 0 aliphatic heterocycles. The molecule has 2 rings (SSSR count). The van der Waals surface area contributed by atoms with E-state index in [1.807, 2.05) is 32.0 Å². The Kier molecular flexibility index (Phi) is 5.77. The van der Waals surface area contributed by atoms with Gasteiger partial charge in [0, 0.05) is 0 Å². The average molecular weight is 302 g/mol. The van der Waals surface area contributed by atoms with Crippen LogP contribution in [-0.2, 0) is 0 Å². The molecule has 0 aliphatic carbocycles. The highest BCUT2D eigenvalue weighted by Crippen LogP contribution is 2.28. The highest BCUT2D eigenvalue weighted by molar-refractivity contribution is 5.81. The first kappa shape index (κ1) is 15.8. The summed E-state index contributed by atoms with van der Waals surface area (Å²) in [5.74, 6) is 1.13. The van der Waals surface area contributed by atoms with Gasteiger partial charge in [0.2, 0.25) is 0 Å². The molecule has 0 aliphatic rings. The van der Waals surface area contributed by atoms with Gasteiger partial charge in [-0.2, -0.15) is 5.10 Å². The molecular weight excluding hydrogens is 283 g/mol. The summed E-state index contributed by atoms with van der Waals surface area (Å²) in [5, 5.41) is 4.12. The molecule has 0 heterocycles. The summed E-state index contributed by atoms with van der Waals surface area (Å²) in [6.07, 6.45) is 1.67. The Morgan fingerprint density at radius 3 is 2.36 bits per heavy atom. The molecule has 0 spiro atoms. The fourth-order valence-corrected chi connectivity index (χ4v) is 1.85. The van der Waals surface area contributed by atoms with Crippen LogP contribution in [0.25, 0.3) is 0 Å². The van der Waals surface area contributed by atoms with Crippen LogP contribution in [0.3, 0.4) is 0 Å². The van der Waals surface area contributed by atoms with E-state index in [1.54, 1.807) is 18.3 Å². The topological polar surface area (TPSA) is 42.8 Å². The molecule has 1 N–H and O–H groups in total. The maximum atomic E-state index is 12.8. The van der Waals surface area contributed by atoms with Gasteiger partial charge in [-0.25, -0.2) is 4.39 Å². The van der Waals surface area contributed by atoms with Crippen LogP contribution in [0.4, 0.5) is 10.1 Å². The Balaban J connectivity index is 2.06. The lowest BCUT2D eigenvalue weighted by atomic mass is 10.2. The number of benzene rings is 2. The molecule has 0 radical (unpaired) electrons. The van der Waals surface area contributed by atoms with Crippen LogP contribution in [0, 0.1) is 5.82 Å². The second-order valence-corrected chi connectivity index (χ2v) is 4.45. The van der Waals surface area contributed by atoms with E-state index in [0.717, 1.165) is 5.56 Å². The van der Waals surface area contributed by atoms with Gasteiger partial charge in [0.15, 0.2) is 11.5 Å². The number of hydrogen-bond donors (Lipinski definition) is 1. The van der Waals surface area contributed by atoms with Gasteiger partial charge in [-0.15, -0.1) is 0 Å². The molecule has 2 aromatic rings. The van der Waals surface area contributed by atoms with Crippen LogP contribution < -0.4 is 14.9 Å². The molecule has 0 unspecified atom stereocenters. The third-order valence-electron chi connectivity index (χ3n) is 2.82. The van der Waals surface area contributed by atoms with E-state index in [9.17, 15) is 4.39 Å². The lowest BCUT2D eigenvalue weighted by Gasteiger charge is -2.11. The van der Waals surface area contributed by atoms with Gasteiger partial charge in [0.1, 0.15) is 5.82 Å². The SMILES string of the molecule is CCOc1ccc(/C=N/Nc2ccc(F)cc2)cc1OCC. The van der Waals surface area contributed by atoms with E-state index in [0.29, 0.717) is 30.4 Å². The van der Waals surface area contributed by atoms with E-state index < -0.39 is 0 Å². The largest absolute Gasteiger partial charge is 0.490 e. The van der Waals surface area contributed by atoms with Crippen LogP contribution >= 0.6 is 0 Å². The number of rotatable bonds is 7. The second-order valence-electron chi connectivity index (χ2n) is 4.45. The zero-order valence-electron chi connectivity index (χ0n) is 12.7. The lowest BCUT2D eigenvalue weighted by molar-refractivity contribution is 0.288. The van der Waals surface area contributed by atoms with Crippen molar-refractivity contribution < 1.29 is 13.9 Å². The maximum absolute atomic E-state index is 12.8. The summed E-state index contributed by atoms with van der Waals surface area (Å²) in [6.45, 7) is 5.00. The molecular formula is C17H19FN2O2. The van der Waals surface area contributed by atoms with Crippen molar-refractivity contribution in [1.82, 2.24) is 0 Å². The fourth-order valence-electron chi connectivity index (χ4n) is 1.85. The molecule has 0 aromatic heterocycles. The lowest BCUT2D eigenvalue weighted by Crippen LogP contribution is -1.99. The first-order valence-electron chi connectivity index (χ1n) is 7.17. The Bertz CT molecular complexity index is 627. The minimum absolute atomic E-state index is 0.276. The monoisotopic (exact) mass is 302 g/mol. The predicted octanol–water partition coefficient (Wildman–Crippen LogP) is 4.07. The van der Waals surface area contributed by atoms with E-state index in [-0.39, 0.29) is 5.82 Å². The van der Waals surface area contributed by atoms with Crippen LogP contribution in [0.1, 0.15) is 19.4 Å². The average Bonchev–Trinajstić information content (AvgIpc) is 2.52. The molecule has 4 nitrogen and oxygen atoms in total. The number of halogens is 1. The van der Waals surface area contributed by atoms with Crippen molar-refractivity contribution in [1.29, 1.82) is 0 Å². The number of nitrogens with zero attached hydrogens (tertiary/aromatic N) is 1. The Hall–Kier alpha value is -2.56. The molecule has 0 saturated carbocycles. The molecule has 0 fully saturated rings. The van der Waals surface area contributed by atoms with E-state index in [2.05, 4.69) is 10.5 Å². The Morgan fingerprint density at radius 1 is 1.00 bits per heavy atom. The smallest absolute Gasteiger partial charge is 0.161 e. The molecule has 0 saturated heterocycles. The van der Waals surface area contributed by atoms with Crippen molar-refractivity contribution in [3.63, 3.8) is 0 Å². The normalized spacial score (nSPS) is 10.7. The molecule has 0 atom stereocenters. The summed E-state index contributed by atoms with van der Waals surface area (Å²) in [4.78, 5) is 0. The van der Waals surface area contributed by atoms with Crippen molar-refractivity contribution in [2.75, 3.05) is 18.6 Å². The zero-order chi connectivity index (χ0) is 15.8. The summed E-state index contributed by atoms with van der Waals surface area (Å²) in [7, 11) is 0. The van der Waals surface area contributed by atoms with E-state index in [4.69, 9.17) is 9.47 Å². The number of hydrazone groups is 1. The summed E-state index contributed by atoms with van der Waals surface area (Å²) in [6, 6.07) is 11.6. The zero-order valence-corrected chi connectivity index (χ0v) is 12.7. The summed E-state index contributed by atoms with van der Waals surface area (Å²) in [5.41, 5.74) is 4.44. The van der Waals surface area contributed by atoms with E-state index >= 15 is 0 Å². The third-order valence-corrected chi connectivity index (χ3v) is 2.82. The quantitative estimate of drug-likeness (QED) is 0.619. The Labute approximate surface area is 129 Å². The van der Waals surface area contributed by atoms with Crippen molar-refractivity contribution in [3.05, 3.63) is 53.8 Å².